The summed E-state index contributed by atoms with van der Waals surface area (Å²) in [5.74, 6) is 0. The highest BCUT2D eigenvalue weighted by atomic mass is 79.9. The molecule has 0 aliphatic heterocycles. The summed E-state index contributed by atoms with van der Waals surface area (Å²) in [6.07, 6.45) is 0. The molecule has 4 heteroatoms. The smallest absolute Gasteiger partial charge is 0.103 e. The first-order valence-electron chi connectivity index (χ1n) is 6.44. The van der Waals surface area contributed by atoms with E-state index in [1.165, 1.54) is 5.56 Å². The van der Waals surface area contributed by atoms with Crippen LogP contribution >= 0.6 is 15.9 Å². The molecule has 0 aliphatic carbocycles. The third-order valence-electron chi connectivity index (χ3n) is 3.06. The molecule has 0 unspecified atom stereocenters. The van der Waals surface area contributed by atoms with E-state index in [0.29, 0.717) is 18.7 Å². The summed E-state index contributed by atoms with van der Waals surface area (Å²) in [5, 5.41) is 9.34. The summed E-state index contributed by atoms with van der Waals surface area (Å²) >= 11 is 3.43. The zero-order valence-electron chi connectivity index (χ0n) is 11.1. The predicted molar refractivity (Wildman–Crippen MR) is 85.4 cm³/mol. The van der Waals surface area contributed by atoms with Crippen LogP contribution in [0, 0.1) is 11.3 Å². The number of hydrogen-bond acceptors (Lipinski definition) is 3. The Balaban J connectivity index is 2.34. The molecule has 0 atom stereocenters. The zero-order chi connectivity index (χ0) is 14.4. The van der Waals surface area contributed by atoms with Gasteiger partial charge in [0, 0.05) is 24.1 Å². The number of nitriles is 1. The zero-order valence-corrected chi connectivity index (χ0v) is 12.7. The molecule has 2 N–H and O–H groups in total. The van der Waals surface area contributed by atoms with Crippen LogP contribution in [0.3, 0.4) is 0 Å². The van der Waals surface area contributed by atoms with Gasteiger partial charge in [-0.05, 0) is 33.6 Å². The Morgan fingerprint density at radius 2 is 1.85 bits per heavy atom. The summed E-state index contributed by atoms with van der Waals surface area (Å²) in [6.45, 7) is 1.99. The van der Waals surface area contributed by atoms with Gasteiger partial charge in [-0.3, -0.25) is 0 Å². The Labute approximate surface area is 127 Å². The van der Waals surface area contributed by atoms with Crippen molar-refractivity contribution in [3.05, 3.63) is 64.1 Å². The highest BCUT2D eigenvalue weighted by molar-refractivity contribution is 9.10. The molecule has 0 saturated carbocycles. The van der Waals surface area contributed by atoms with E-state index in [1.807, 2.05) is 36.4 Å². The lowest BCUT2D eigenvalue weighted by Gasteiger charge is -2.25. The van der Waals surface area contributed by atoms with Crippen molar-refractivity contribution in [3.8, 4) is 6.07 Å². The largest absolute Gasteiger partial charge is 0.365 e. The Morgan fingerprint density at radius 1 is 1.10 bits per heavy atom. The fourth-order valence-electron chi connectivity index (χ4n) is 2.13. The highest BCUT2D eigenvalue weighted by Crippen LogP contribution is 2.28. The lowest BCUT2D eigenvalue weighted by atomic mass is 10.1. The second-order valence-corrected chi connectivity index (χ2v) is 5.30. The lowest BCUT2D eigenvalue weighted by Crippen LogP contribution is -2.29. The molecule has 0 spiro atoms. The monoisotopic (exact) mass is 329 g/mol. The standard InChI is InChI=1S/C16H16BrN3/c17-15-7-4-8-16(14(15)11-19)20(10-9-18)12-13-5-2-1-3-6-13/h1-8H,9-10,12,18H2. The van der Waals surface area contributed by atoms with Gasteiger partial charge in [0.25, 0.3) is 0 Å². The van der Waals surface area contributed by atoms with Crippen LogP contribution in [0.2, 0.25) is 0 Å². The first-order chi connectivity index (χ1) is 9.76. The van der Waals surface area contributed by atoms with Crippen LogP contribution in [0.4, 0.5) is 5.69 Å². The van der Waals surface area contributed by atoms with Gasteiger partial charge in [0.1, 0.15) is 6.07 Å². The summed E-state index contributed by atoms with van der Waals surface area (Å²) in [6, 6.07) is 18.2. The third kappa shape index (κ3) is 3.38. The van der Waals surface area contributed by atoms with E-state index in [2.05, 4.69) is 39.0 Å². The molecule has 0 amide bonds. The molecule has 102 valence electrons. The molecule has 0 radical (unpaired) electrons. The van der Waals surface area contributed by atoms with E-state index in [4.69, 9.17) is 5.73 Å². The molecule has 20 heavy (non-hydrogen) atoms. The van der Waals surface area contributed by atoms with Crippen LogP contribution < -0.4 is 10.6 Å². The molecule has 0 aliphatic rings. The molecule has 3 nitrogen and oxygen atoms in total. The third-order valence-corrected chi connectivity index (χ3v) is 3.72. The van der Waals surface area contributed by atoms with E-state index >= 15 is 0 Å². The maximum atomic E-state index is 9.34. The molecule has 2 aromatic carbocycles. The molecule has 0 heterocycles. The van der Waals surface area contributed by atoms with Crippen LogP contribution in [0.15, 0.2) is 53.0 Å². The van der Waals surface area contributed by atoms with Gasteiger partial charge in [0.05, 0.1) is 11.3 Å². The van der Waals surface area contributed by atoms with Gasteiger partial charge in [-0.2, -0.15) is 5.26 Å². The molecule has 0 fully saturated rings. The van der Waals surface area contributed by atoms with Gasteiger partial charge in [-0.15, -0.1) is 0 Å². The SMILES string of the molecule is N#Cc1c(Br)cccc1N(CCN)Cc1ccccc1. The quantitative estimate of drug-likeness (QED) is 0.915. The van der Waals surface area contributed by atoms with Crippen LogP contribution in [-0.2, 0) is 6.54 Å². The Hall–Kier alpha value is -1.83. The highest BCUT2D eigenvalue weighted by Gasteiger charge is 2.13. The van der Waals surface area contributed by atoms with Crippen LogP contribution in [0.25, 0.3) is 0 Å². The van der Waals surface area contributed by atoms with Crippen LogP contribution in [0.5, 0.6) is 0 Å². The molecule has 2 rings (SSSR count). The van der Waals surface area contributed by atoms with Crippen molar-refractivity contribution >= 4 is 21.6 Å². The van der Waals surface area contributed by atoms with E-state index in [1.54, 1.807) is 0 Å². The minimum atomic E-state index is 0.546. The normalized spacial score (nSPS) is 10.1. The average Bonchev–Trinajstić information content (AvgIpc) is 2.47. The number of anilines is 1. The van der Waals surface area contributed by atoms with E-state index < -0.39 is 0 Å². The number of hydrogen-bond donors (Lipinski definition) is 1. The summed E-state index contributed by atoms with van der Waals surface area (Å²) in [7, 11) is 0. The van der Waals surface area contributed by atoms with Crippen LogP contribution in [-0.4, -0.2) is 13.1 Å². The Kier molecular flexibility index (Phi) is 5.16. The molecular formula is C16H16BrN3. The number of nitrogens with two attached hydrogens (primary N) is 1. The van der Waals surface area contributed by atoms with Gasteiger partial charge in [0.15, 0.2) is 0 Å². The number of nitrogens with zero attached hydrogens (tertiary/aromatic N) is 2. The molecule has 0 saturated heterocycles. The predicted octanol–water partition coefficient (Wildman–Crippen LogP) is 3.29. The number of rotatable bonds is 5. The minimum absolute atomic E-state index is 0.546. The van der Waals surface area contributed by atoms with E-state index in [-0.39, 0.29) is 0 Å². The molecule has 0 bridgehead atoms. The van der Waals surface area contributed by atoms with Gasteiger partial charge < -0.3 is 10.6 Å². The molecular weight excluding hydrogens is 314 g/mol. The second-order valence-electron chi connectivity index (χ2n) is 4.44. The summed E-state index contributed by atoms with van der Waals surface area (Å²) < 4.78 is 0.813. The average molecular weight is 330 g/mol. The van der Waals surface area contributed by atoms with Gasteiger partial charge in [-0.25, -0.2) is 0 Å². The number of halogens is 1. The maximum absolute atomic E-state index is 9.34. The summed E-state index contributed by atoms with van der Waals surface area (Å²) in [5.41, 5.74) is 8.48. The van der Waals surface area contributed by atoms with Crippen molar-refractivity contribution in [2.45, 2.75) is 6.54 Å². The van der Waals surface area contributed by atoms with Crippen molar-refractivity contribution < 1.29 is 0 Å². The second kappa shape index (κ2) is 7.09. The van der Waals surface area contributed by atoms with Crippen molar-refractivity contribution in [2.75, 3.05) is 18.0 Å². The fourth-order valence-corrected chi connectivity index (χ4v) is 2.58. The van der Waals surface area contributed by atoms with Gasteiger partial charge in [0.2, 0.25) is 0 Å². The van der Waals surface area contributed by atoms with Crippen molar-refractivity contribution in [1.29, 1.82) is 5.26 Å². The van der Waals surface area contributed by atoms with Crippen LogP contribution in [0.1, 0.15) is 11.1 Å². The van der Waals surface area contributed by atoms with Crippen molar-refractivity contribution in [3.63, 3.8) is 0 Å². The molecule has 2 aromatic rings. The van der Waals surface area contributed by atoms with E-state index in [0.717, 1.165) is 16.7 Å². The first kappa shape index (κ1) is 14.6. The Bertz CT molecular complexity index is 605. The maximum Gasteiger partial charge on any atom is 0.103 e. The lowest BCUT2D eigenvalue weighted by molar-refractivity contribution is 0.788. The van der Waals surface area contributed by atoms with Crippen molar-refractivity contribution in [2.24, 2.45) is 5.73 Å². The van der Waals surface area contributed by atoms with Gasteiger partial charge in [-0.1, -0.05) is 36.4 Å². The van der Waals surface area contributed by atoms with Gasteiger partial charge >= 0.3 is 0 Å². The topological polar surface area (TPSA) is 53.0 Å². The number of benzene rings is 2. The molecule has 0 aromatic heterocycles. The first-order valence-corrected chi connectivity index (χ1v) is 7.23. The summed E-state index contributed by atoms with van der Waals surface area (Å²) in [4.78, 5) is 2.14. The minimum Gasteiger partial charge on any atom is -0.365 e. The Morgan fingerprint density at radius 3 is 2.50 bits per heavy atom. The fraction of sp³-hybridized carbons (Fsp3) is 0.188. The van der Waals surface area contributed by atoms with Crippen molar-refractivity contribution in [1.82, 2.24) is 0 Å². The van der Waals surface area contributed by atoms with E-state index in [9.17, 15) is 5.26 Å².